The summed E-state index contributed by atoms with van der Waals surface area (Å²) in [5.41, 5.74) is 11.1. The van der Waals surface area contributed by atoms with Crippen LogP contribution in [-0.2, 0) is 6.42 Å². The van der Waals surface area contributed by atoms with Crippen LogP contribution in [0.25, 0.3) is 0 Å². The van der Waals surface area contributed by atoms with Crippen LogP contribution in [0, 0.1) is 6.92 Å². The minimum absolute atomic E-state index is 0.211. The number of hydrogen-bond acceptors (Lipinski definition) is 3. The summed E-state index contributed by atoms with van der Waals surface area (Å²) >= 11 is 0. The molecule has 0 aromatic heterocycles. The highest BCUT2D eigenvalue weighted by atomic mass is 16.4. The van der Waals surface area contributed by atoms with E-state index in [1.807, 2.05) is 25.1 Å². The minimum Gasteiger partial charge on any atom is -0.478 e. The number of rotatable bonds is 3. The van der Waals surface area contributed by atoms with Crippen LogP contribution in [0.3, 0.4) is 0 Å². The number of nitrogens with one attached hydrogen (secondary N) is 1. The molecule has 3 rings (SSSR count). The van der Waals surface area contributed by atoms with E-state index >= 15 is 0 Å². The van der Waals surface area contributed by atoms with E-state index in [2.05, 4.69) is 11.4 Å². The molecule has 4 nitrogen and oxygen atoms in total. The third-order valence-corrected chi connectivity index (χ3v) is 4.14. The summed E-state index contributed by atoms with van der Waals surface area (Å²) < 4.78 is 0. The van der Waals surface area contributed by atoms with Gasteiger partial charge in [0.2, 0.25) is 0 Å². The lowest BCUT2D eigenvalue weighted by atomic mass is 10.0. The second-order valence-electron chi connectivity index (χ2n) is 5.48. The third-order valence-electron chi connectivity index (χ3n) is 4.14. The molecule has 1 aliphatic carbocycles. The Labute approximate surface area is 123 Å². The van der Waals surface area contributed by atoms with Crippen LogP contribution in [0.5, 0.6) is 0 Å². The zero-order valence-electron chi connectivity index (χ0n) is 11.9. The van der Waals surface area contributed by atoms with Gasteiger partial charge in [-0.2, -0.15) is 0 Å². The van der Waals surface area contributed by atoms with Gasteiger partial charge in [-0.25, -0.2) is 4.79 Å². The highest BCUT2D eigenvalue weighted by Crippen LogP contribution is 2.35. The standard InChI is InChI=1S/C17H18N2O2/c1-10-13(17(20)21)3-2-4-15(10)19-16-8-5-11-9-12(18)6-7-14(11)16/h2-4,6-7,9,16,19H,5,8,18H2,1H3,(H,20,21). The molecule has 0 spiro atoms. The van der Waals surface area contributed by atoms with E-state index in [9.17, 15) is 9.90 Å². The Morgan fingerprint density at radius 1 is 1.33 bits per heavy atom. The molecule has 0 radical (unpaired) electrons. The predicted octanol–water partition coefficient (Wildman–Crippen LogP) is 3.37. The quantitative estimate of drug-likeness (QED) is 0.754. The zero-order chi connectivity index (χ0) is 15.0. The molecule has 0 saturated carbocycles. The van der Waals surface area contributed by atoms with Gasteiger partial charge in [-0.15, -0.1) is 0 Å². The summed E-state index contributed by atoms with van der Waals surface area (Å²) in [7, 11) is 0. The highest BCUT2D eigenvalue weighted by molar-refractivity contribution is 5.91. The van der Waals surface area contributed by atoms with Gasteiger partial charge in [0.1, 0.15) is 0 Å². The molecule has 108 valence electrons. The number of carboxylic acids is 1. The van der Waals surface area contributed by atoms with Crippen molar-refractivity contribution in [3.05, 3.63) is 58.7 Å². The molecule has 2 aromatic rings. The normalized spacial score (nSPS) is 16.5. The average Bonchev–Trinajstić information content (AvgIpc) is 2.83. The molecule has 2 aromatic carbocycles. The molecule has 0 aliphatic heterocycles. The van der Waals surface area contributed by atoms with Crippen molar-refractivity contribution >= 4 is 17.3 Å². The number of aromatic carboxylic acids is 1. The van der Waals surface area contributed by atoms with Gasteiger partial charge in [0.05, 0.1) is 11.6 Å². The van der Waals surface area contributed by atoms with E-state index in [1.54, 1.807) is 12.1 Å². The van der Waals surface area contributed by atoms with Gasteiger partial charge in [-0.1, -0.05) is 12.1 Å². The zero-order valence-corrected chi connectivity index (χ0v) is 11.9. The van der Waals surface area contributed by atoms with Gasteiger partial charge in [0.15, 0.2) is 0 Å². The molecule has 1 aliphatic rings. The van der Waals surface area contributed by atoms with Gasteiger partial charge >= 0.3 is 5.97 Å². The number of aryl methyl sites for hydroxylation is 1. The summed E-state index contributed by atoms with van der Waals surface area (Å²) in [5, 5.41) is 12.7. The maximum absolute atomic E-state index is 11.2. The molecular weight excluding hydrogens is 264 g/mol. The van der Waals surface area contributed by atoms with Crippen molar-refractivity contribution in [3.8, 4) is 0 Å². The maximum atomic E-state index is 11.2. The van der Waals surface area contributed by atoms with E-state index in [4.69, 9.17) is 5.73 Å². The summed E-state index contributed by atoms with van der Waals surface area (Å²) in [6.07, 6.45) is 1.99. The van der Waals surface area contributed by atoms with Crippen LogP contribution in [0.1, 0.15) is 39.5 Å². The Balaban J connectivity index is 1.90. The molecular formula is C17H18N2O2. The summed E-state index contributed by atoms with van der Waals surface area (Å²) in [6.45, 7) is 1.84. The van der Waals surface area contributed by atoms with Gasteiger partial charge < -0.3 is 16.2 Å². The van der Waals surface area contributed by atoms with E-state index in [-0.39, 0.29) is 6.04 Å². The lowest BCUT2D eigenvalue weighted by Crippen LogP contribution is -2.10. The third kappa shape index (κ3) is 2.44. The second-order valence-corrected chi connectivity index (χ2v) is 5.48. The van der Waals surface area contributed by atoms with Crippen molar-refractivity contribution in [2.45, 2.75) is 25.8 Å². The van der Waals surface area contributed by atoms with Crippen LogP contribution in [0.15, 0.2) is 36.4 Å². The van der Waals surface area contributed by atoms with Crippen LogP contribution < -0.4 is 11.1 Å². The van der Waals surface area contributed by atoms with Crippen LogP contribution in [0.2, 0.25) is 0 Å². The lowest BCUT2D eigenvalue weighted by molar-refractivity contribution is 0.0696. The molecule has 0 fully saturated rings. The minimum atomic E-state index is -0.893. The summed E-state index contributed by atoms with van der Waals surface area (Å²) in [6, 6.07) is 11.5. The Morgan fingerprint density at radius 3 is 2.90 bits per heavy atom. The Kier molecular flexibility index (Phi) is 3.29. The van der Waals surface area contributed by atoms with E-state index < -0.39 is 5.97 Å². The van der Waals surface area contributed by atoms with Crippen molar-refractivity contribution in [1.29, 1.82) is 0 Å². The molecule has 4 N–H and O–H groups in total. The first kappa shape index (κ1) is 13.5. The van der Waals surface area contributed by atoms with E-state index in [0.717, 1.165) is 29.8 Å². The average molecular weight is 282 g/mol. The van der Waals surface area contributed by atoms with Crippen molar-refractivity contribution < 1.29 is 9.90 Å². The molecule has 0 heterocycles. The molecule has 4 heteroatoms. The first-order valence-corrected chi connectivity index (χ1v) is 7.04. The maximum Gasteiger partial charge on any atom is 0.336 e. The van der Waals surface area contributed by atoms with Gasteiger partial charge in [0, 0.05) is 11.4 Å². The topological polar surface area (TPSA) is 75.3 Å². The molecule has 21 heavy (non-hydrogen) atoms. The van der Waals surface area contributed by atoms with Gasteiger partial charge in [0.25, 0.3) is 0 Å². The number of anilines is 2. The monoisotopic (exact) mass is 282 g/mol. The summed E-state index contributed by atoms with van der Waals surface area (Å²) in [5.74, 6) is -0.893. The molecule has 0 bridgehead atoms. The number of nitrogen functional groups attached to an aromatic ring is 1. The number of carboxylic acid groups (broad SMARTS) is 1. The lowest BCUT2D eigenvalue weighted by Gasteiger charge is -2.18. The highest BCUT2D eigenvalue weighted by Gasteiger charge is 2.23. The van der Waals surface area contributed by atoms with Crippen LogP contribution in [-0.4, -0.2) is 11.1 Å². The fourth-order valence-corrected chi connectivity index (χ4v) is 3.00. The van der Waals surface area contributed by atoms with Crippen LogP contribution in [0.4, 0.5) is 11.4 Å². The van der Waals surface area contributed by atoms with Crippen molar-refractivity contribution in [1.82, 2.24) is 0 Å². The van der Waals surface area contributed by atoms with Crippen LogP contribution >= 0.6 is 0 Å². The number of nitrogens with two attached hydrogens (primary N) is 1. The molecule has 1 atom stereocenters. The predicted molar refractivity (Wildman–Crippen MR) is 83.7 cm³/mol. The number of carbonyl (C=O) groups is 1. The van der Waals surface area contributed by atoms with E-state index in [1.165, 1.54) is 11.1 Å². The largest absolute Gasteiger partial charge is 0.478 e. The molecule has 0 saturated heterocycles. The number of fused-ring (bicyclic) bond motifs is 1. The number of benzene rings is 2. The first-order chi connectivity index (χ1) is 10.1. The number of hydrogen-bond donors (Lipinski definition) is 3. The summed E-state index contributed by atoms with van der Waals surface area (Å²) in [4.78, 5) is 11.2. The van der Waals surface area contributed by atoms with Gasteiger partial charge in [-0.05, 0) is 60.7 Å². The Morgan fingerprint density at radius 2 is 2.14 bits per heavy atom. The Hall–Kier alpha value is -2.49. The first-order valence-electron chi connectivity index (χ1n) is 7.04. The van der Waals surface area contributed by atoms with Gasteiger partial charge in [-0.3, -0.25) is 0 Å². The molecule has 0 amide bonds. The van der Waals surface area contributed by atoms with Crippen molar-refractivity contribution in [2.24, 2.45) is 0 Å². The van der Waals surface area contributed by atoms with Crippen molar-refractivity contribution in [2.75, 3.05) is 11.1 Å². The van der Waals surface area contributed by atoms with Crippen molar-refractivity contribution in [3.63, 3.8) is 0 Å². The van der Waals surface area contributed by atoms with E-state index in [0.29, 0.717) is 5.56 Å². The second kappa shape index (κ2) is 5.13. The molecule has 1 unspecified atom stereocenters. The fraction of sp³-hybridized carbons (Fsp3) is 0.235. The fourth-order valence-electron chi connectivity index (χ4n) is 3.00. The smallest absolute Gasteiger partial charge is 0.336 e. The Bertz CT molecular complexity index is 710. The SMILES string of the molecule is Cc1c(NC2CCc3cc(N)ccc32)cccc1C(=O)O.